The molecule has 0 aliphatic rings. The number of carbonyl (C=O) groups is 1. The van der Waals surface area contributed by atoms with E-state index in [-0.39, 0.29) is 35.9 Å². The lowest BCUT2D eigenvalue weighted by Gasteiger charge is -2.20. The van der Waals surface area contributed by atoms with Crippen LogP contribution in [0.5, 0.6) is 0 Å². The third kappa shape index (κ3) is 11.8. The van der Waals surface area contributed by atoms with Crippen molar-refractivity contribution in [2.75, 3.05) is 13.1 Å². The number of aliphatic imine (C=N–C) groups is 1. The minimum absolute atomic E-state index is 0. The Morgan fingerprint density at radius 3 is 2.19 bits per heavy atom. The van der Waals surface area contributed by atoms with E-state index < -0.39 is 0 Å². The average Bonchev–Trinajstić information content (AvgIpc) is 2.38. The number of amides is 1. The van der Waals surface area contributed by atoms with E-state index in [4.69, 9.17) is 0 Å². The van der Waals surface area contributed by atoms with Gasteiger partial charge < -0.3 is 16.0 Å². The van der Waals surface area contributed by atoms with Crippen molar-refractivity contribution in [1.29, 1.82) is 0 Å². The molecule has 6 heteroatoms. The molecule has 21 heavy (non-hydrogen) atoms. The van der Waals surface area contributed by atoms with E-state index >= 15 is 0 Å². The van der Waals surface area contributed by atoms with Crippen LogP contribution in [0.1, 0.15) is 54.4 Å². The van der Waals surface area contributed by atoms with Crippen LogP contribution >= 0.6 is 24.0 Å². The van der Waals surface area contributed by atoms with Gasteiger partial charge in [0, 0.05) is 25.0 Å². The second-order valence-electron chi connectivity index (χ2n) is 5.56. The molecule has 0 bridgehead atoms. The number of hydrogen-bond acceptors (Lipinski definition) is 2. The molecule has 0 saturated carbocycles. The molecule has 0 aromatic rings. The van der Waals surface area contributed by atoms with E-state index in [0.29, 0.717) is 24.9 Å². The van der Waals surface area contributed by atoms with Gasteiger partial charge in [0.1, 0.15) is 0 Å². The molecule has 0 aromatic heterocycles. The van der Waals surface area contributed by atoms with Crippen molar-refractivity contribution < 1.29 is 4.79 Å². The van der Waals surface area contributed by atoms with Gasteiger partial charge in [-0.25, -0.2) is 0 Å². The van der Waals surface area contributed by atoms with Crippen LogP contribution in [0.3, 0.4) is 0 Å². The Morgan fingerprint density at radius 2 is 1.71 bits per heavy atom. The highest BCUT2D eigenvalue weighted by atomic mass is 127. The Morgan fingerprint density at radius 1 is 1.10 bits per heavy atom. The molecular formula is C15H33IN4O. The topological polar surface area (TPSA) is 65.5 Å². The normalized spacial score (nSPS) is 14.1. The average molecular weight is 412 g/mol. The zero-order chi connectivity index (χ0) is 15.5. The van der Waals surface area contributed by atoms with Crippen LogP contribution in [0.4, 0.5) is 0 Å². The van der Waals surface area contributed by atoms with Crippen LogP contribution in [-0.2, 0) is 4.79 Å². The van der Waals surface area contributed by atoms with Gasteiger partial charge in [0.2, 0.25) is 5.91 Å². The van der Waals surface area contributed by atoms with E-state index in [1.165, 1.54) is 0 Å². The first-order chi connectivity index (χ1) is 9.40. The second-order valence-corrected chi connectivity index (χ2v) is 5.56. The van der Waals surface area contributed by atoms with Crippen LogP contribution in [-0.4, -0.2) is 37.0 Å². The van der Waals surface area contributed by atoms with Gasteiger partial charge in [-0.2, -0.15) is 0 Å². The van der Waals surface area contributed by atoms with Crippen LogP contribution in [0.25, 0.3) is 0 Å². The summed E-state index contributed by atoms with van der Waals surface area (Å²) in [6.45, 7) is 13.9. The first kappa shape index (κ1) is 22.7. The molecule has 0 fully saturated rings. The van der Waals surface area contributed by atoms with Crippen LogP contribution in [0.15, 0.2) is 4.99 Å². The summed E-state index contributed by atoms with van der Waals surface area (Å²) < 4.78 is 0. The number of halogens is 1. The summed E-state index contributed by atoms with van der Waals surface area (Å²) in [5.74, 6) is 1.38. The molecule has 0 aliphatic carbocycles. The Balaban J connectivity index is 0. The maximum Gasteiger partial charge on any atom is 0.222 e. The first-order valence-corrected chi connectivity index (χ1v) is 7.74. The molecule has 5 nitrogen and oxygen atoms in total. The van der Waals surface area contributed by atoms with Crippen molar-refractivity contribution in [3.63, 3.8) is 0 Å². The highest BCUT2D eigenvalue weighted by Crippen LogP contribution is 1.99. The quantitative estimate of drug-likeness (QED) is 0.326. The number of nitrogens with one attached hydrogen (secondary N) is 3. The summed E-state index contributed by atoms with van der Waals surface area (Å²) >= 11 is 0. The van der Waals surface area contributed by atoms with Gasteiger partial charge in [-0.1, -0.05) is 20.8 Å². The van der Waals surface area contributed by atoms with E-state index in [0.717, 1.165) is 18.9 Å². The first-order valence-electron chi connectivity index (χ1n) is 7.74. The minimum Gasteiger partial charge on any atom is -0.357 e. The van der Waals surface area contributed by atoms with Gasteiger partial charge in [-0.15, -0.1) is 24.0 Å². The number of guanidine groups is 1. The lowest BCUT2D eigenvalue weighted by Crippen LogP contribution is -2.44. The Bertz CT molecular complexity index is 308. The Kier molecular flexibility index (Phi) is 14.2. The third-order valence-electron chi connectivity index (χ3n) is 3.34. The van der Waals surface area contributed by atoms with Gasteiger partial charge >= 0.3 is 0 Å². The van der Waals surface area contributed by atoms with Gasteiger partial charge in [0.05, 0.1) is 6.54 Å². The monoisotopic (exact) mass is 412 g/mol. The predicted octanol–water partition coefficient (Wildman–Crippen LogP) is 2.51. The molecule has 0 aromatic carbocycles. The minimum atomic E-state index is 0. The summed E-state index contributed by atoms with van der Waals surface area (Å²) in [4.78, 5) is 16.1. The largest absolute Gasteiger partial charge is 0.357 e. The highest BCUT2D eigenvalue weighted by Gasteiger charge is 2.09. The van der Waals surface area contributed by atoms with Crippen molar-refractivity contribution in [1.82, 2.24) is 16.0 Å². The van der Waals surface area contributed by atoms with Crippen molar-refractivity contribution in [3.8, 4) is 0 Å². The van der Waals surface area contributed by atoms with Crippen molar-refractivity contribution in [2.45, 2.75) is 66.5 Å². The fourth-order valence-corrected chi connectivity index (χ4v) is 1.42. The Labute approximate surface area is 147 Å². The lowest BCUT2D eigenvalue weighted by atomic mass is 10.1. The zero-order valence-corrected chi connectivity index (χ0v) is 16.7. The zero-order valence-electron chi connectivity index (χ0n) is 14.3. The fourth-order valence-electron chi connectivity index (χ4n) is 1.42. The number of hydrogen-bond donors (Lipinski definition) is 3. The van der Waals surface area contributed by atoms with Gasteiger partial charge in [0.25, 0.3) is 0 Å². The SMILES string of the molecule is CCNC(=NCCC(=O)NC(C)CC)NC(C)C(C)C.I. The molecule has 2 unspecified atom stereocenters. The molecule has 126 valence electrons. The smallest absolute Gasteiger partial charge is 0.222 e. The number of rotatable bonds is 8. The molecule has 3 N–H and O–H groups in total. The van der Waals surface area contributed by atoms with Crippen molar-refractivity contribution in [3.05, 3.63) is 0 Å². The van der Waals surface area contributed by atoms with Crippen molar-refractivity contribution >= 4 is 35.8 Å². The lowest BCUT2D eigenvalue weighted by molar-refractivity contribution is -0.121. The highest BCUT2D eigenvalue weighted by molar-refractivity contribution is 14.0. The number of nitrogens with zero attached hydrogens (tertiary/aromatic N) is 1. The van der Waals surface area contributed by atoms with E-state index in [9.17, 15) is 4.79 Å². The second kappa shape index (κ2) is 13.2. The van der Waals surface area contributed by atoms with Gasteiger partial charge in [0.15, 0.2) is 5.96 Å². The van der Waals surface area contributed by atoms with Crippen LogP contribution < -0.4 is 16.0 Å². The van der Waals surface area contributed by atoms with E-state index in [2.05, 4.69) is 48.6 Å². The Hall–Kier alpha value is -0.530. The van der Waals surface area contributed by atoms with Gasteiger partial charge in [-0.05, 0) is 33.1 Å². The fraction of sp³-hybridized carbons (Fsp3) is 0.867. The van der Waals surface area contributed by atoms with Crippen LogP contribution in [0.2, 0.25) is 0 Å². The third-order valence-corrected chi connectivity index (χ3v) is 3.34. The summed E-state index contributed by atoms with van der Waals surface area (Å²) in [7, 11) is 0. The molecule has 0 heterocycles. The van der Waals surface area contributed by atoms with Gasteiger partial charge in [-0.3, -0.25) is 9.79 Å². The van der Waals surface area contributed by atoms with E-state index in [1.54, 1.807) is 0 Å². The summed E-state index contributed by atoms with van der Waals surface area (Å²) in [6, 6.07) is 0.584. The molecule has 0 aliphatic heterocycles. The maximum absolute atomic E-state index is 11.7. The molecule has 0 radical (unpaired) electrons. The molecule has 0 saturated heterocycles. The number of carbonyl (C=O) groups excluding carboxylic acids is 1. The molecule has 0 rings (SSSR count). The molecular weight excluding hydrogens is 379 g/mol. The van der Waals surface area contributed by atoms with E-state index in [1.807, 2.05) is 13.8 Å². The predicted molar refractivity (Wildman–Crippen MR) is 101 cm³/mol. The standard InChI is InChI=1S/C15H32N4O.HI/c1-7-12(5)18-14(20)9-10-17-15(16-8-2)19-13(6)11(3)4;/h11-13H,7-10H2,1-6H3,(H,18,20)(H2,16,17,19);1H. The van der Waals surface area contributed by atoms with Crippen LogP contribution in [0, 0.1) is 5.92 Å². The summed E-state index contributed by atoms with van der Waals surface area (Å²) in [5.41, 5.74) is 0. The van der Waals surface area contributed by atoms with Crippen molar-refractivity contribution in [2.24, 2.45) is 10.9 Å². The summed E-state index contributed by atoms with van der Waals surface area (Å²) in [5, 5.41) is 9.50. The molecule has 2 atom stereocenters. The maximum atomic E-state index is 11.7. The molecule has 1 amide bonds. The summed E-state index contributed by atoms with van der Waals surface area (Å²) in [6.07, 6.45) is 1.38. The molecule has 0 spiro atoms.